The highest BCUT2D eigenvalue weighted by Crippen LogP contribution is 2.74. The van der Waals surface area contributed by atoms with E-state index in [2.05, 4.69) is 47.3 Å². The van der Waals surface area contributed by atoms with E-state index in [1.165, 1.54) is 5.57 Å². The van der Waals surface area contributed by atoms with E-state index in [4.69, 9.17) is 0 Å². The van der Waals surface area contributed by atoms with Crippen molar-refractivity contribution in [3.8, 4) is 0 Å². The Balaban J connectivity index is 1.76. The first kappa shape index (κ1) is 25.5. The van der Waals surface area contributed by atoms with Crippen LogP contribution in [-0.2, 0) is 9.59 Å². The zero-order valence-corrected chi connectivity index (χ0v) is 22.3. The molecule has 4 heteroatoms. The molecule has 8 atom stereocenters. The highest BCUT2D eigenvalue weighted by atomic mass is 16.4. The Kier molecular flexibility index (Phi) is 5.98. The van der Waals surface area contributed by atoms with Gasteiger partial charge in [0.1, 0.15) is 0 Å². The Bertz CT molecular complexity index is 934. The standard InChI is InChI=1S/C30H46O4/c1-19(2)20-8-9-22-21(28(20,5)12-11-24(31)32)10-13-30(7)23-18-27(4,25(33)34)15-14-26(23,3)16-17-29(22,30)6/h9,20-21,23H,1,8,10-18H2,2-7H3,(H,31,32)(H,33,34). The summed E-state index contributed by atoms with van der Waals surface area (Å²) in [6.45, 7) is 18.1. The van der Waals surface area contributed by atoms with Gasteiger partial charge in [0.25, 0.3) is 0 Å². The van der Waals surface area contributed by atoms with Crippen molar-refractivity contribution in [2.75, 3.05) is 0 Å². The topological polar surface area (TPSA) is 74.6 Å². The van der Waals surface area contributed by atoms with Crippen LogP contribution in [0.3, 0.4) is 0 Å². The second-order valence-corrected chi connectivity index (χ2v) is 13.8. The smallest absolute Gasteiger partial charge is 0.309 e. The van der Waals surface area contributed by atoms with Crippen molar-refractivity contribution in [2.24, 2.45) is 44.8 Å². The summed E-state index contributed by atoms with van der Waals surface area (Å²) in [5.41, 5.74) is 2.29. The van der Waals surface area contributed by atoms with E-state index in [1.54, 1.807) is 5.57 Å². The van der Waals surface area contributed by atoms with Crippen molar-refractivity contribution in [3.63, 3.8) is 0 Å². The van der Waals surface area contributed by atoms with Gasteiger partial charge in [0, 0.05) is 6.42 Å². The van der Waals surface area contributed by atoms with Crippen LogP contribution in [0.25, 0.3) is 0 Å². The fourth-order valence-electron chi connectivity index (χ4n) is 9.43. The molecule has 4 aliphatic carbocycles. The van der Waals surface area contributed by atoms with Gasteiger partial charge in [0.2, 0.25) is 0 Å². The van der Waals surface area contributed by atoms with E-state index in [0.29, 0.717) is 24.2 Å². The zero-order valence-electron chi connectivity index (χ0n) is 22.3. The van der Waals surface area contributed by atoms with Gasteiger partial charge < -0.3 is 10.2 Å². The third-order valence-corrected chi connectivity index (χ3v) is 12.1. The molecule has 2 N–H and O–H groups in total. The van der Waals surface area contributed by atoms with Gasteiger partial charge in [-0.25, -0.2) is 0 Å². The first-order chi connectivity index (χ1) is 15.6. The highest BCUT2D eigenvalue weighted by molar-refractivity contribution is 5.74. The normalized spacial score (nSPS) is 48.1. The minimum absolute atomic E-state index is 0.0291. The van der Waals surface area contributed by atoms with Gasteiger partial charge in [0.05, 0.1) is 5.41 Å². The number of carboxylic acids is 2. The number of fused-ring (bicyclic) bond motifs is 5. The zero-order chi connectivity index (χ0) is 25.3. The van der Waals surface area contributed by atoms with Crippen LogP contribution in [0.1, 0.15) is 106 Å². The fourth-order valence-corrected chi connectivity index (χ4v) is 9.43. The van der Waals surface area contributed by atoms with Gasteiger partial charge in [-0.15, -0.1) is 0 Å². The summed E-state index contributed by atoms with van der Waals surface area (Å²) in [5, 5.41) is 19.6. The Morgan fingerprint density at radius 1 is 1.03 bits per heavy atom. The molecule has 3 fully saturated rings. The number of aliphatic carboxylic acids is 2. The van der Waals surface area contributed by atoms with E-state index >= 15 is 0 Å². The Morgan fingerprint density at radius 2 is 1.68 bits per heavy atom. The van der Waals surface area contributed by atoms with Crippen molar-refractivity contribution in [1.82, 2.24) is 0 Å². The molecule has 0 aromatic carbocycles. The van der Waals surface area contributed by atoms with Crippen LogP contribution in [0.2, 0.25) is 0 Å². The Labute approximate surface area is 206 Å². The fraction of sp³-hybridized carbons (Fsp3) is 0.800. The van der Waals surface area contributed by atoms with Crippen LogP contribution in [-0.4, -0.2) is 22.2 Å². The number of carbonyl (C=O) groups is 2. The van der Waals surface area contributed by atoms with Crippen molar-refractivity contribution in [3.05, 3.63) is 23.8 Å². The minimum Gasteiger partial charge on any atom is -0.481 e. The summed E-state index contributed by atoms with van der Waals surface area (Å²) in [5.74, 6) is -0.277. The quantitative estimate of drug-likeness (QED) is 0.408. The monoisotopic (exact) mass is 470 g/mol. The molecule has 4 rings (SSSR count). The van der Waals surface area contributed by atoms with Gasteiger partial charge in [-0.2, -0.15) is 0 Å². The average molecular weight is 471 g/mol. The second kappa shape index (κ2) is 7.96. The average Bonchev–Trinajstić information content (AvgIpc) is 2.75. The molecule has 0 spiro atoms. The summed E-state index contributed by atoms with van der Waals surface area (Å²) in [6.07, 6.45) is 11.3. The maximum absolute atomic E-state index is 12.3. The van der Waals surface area contributed by atoms with Gasteiger partial charge in [-0.1, -0.05) is 51.5 Å². The van der Waals surface area contributed by atoms with Gasteiger partial charge >= 0.3 is 11.9 Å². The molecule has 0 heterocycles. The third kappa shape index (κ3) is 3.45. The summed E-state index contributed by atoms with van der Waals surface area (Å²) in [7, 11) is 0. The van der Waals surface area contributed by atoms with Crippen molar-refractivity contribution < 1.29 is 19.8 Å². The summed E-state index contributed by atoms with van der Waals surface area (Å²) in [6, 6.07) is 0. The van der Waals surface area contributed by atoms with E-state index in [9.17, 15) is 19.8 Å². The lowest BCUT2D eigenvalue weighted by atomic mass is 9.34. The van der Waals surface area contributed by atoms with Crippen molar-refractivity contribution in [2.45, 2.75) is 106 Å². The van der Waals surface area contributed by atoms with Gasteiger partial charge in [0.15, 0.2) is 0 Å². The van der Waals surface area contributed by atoms with Crippen LogP contribution in [0.5, 0.6) is 0 Å². The molecule has 8 unspecified atom stereocenters. The number of allylic oxidation sites excluding steroid dienone is 3. The number of hydrogen-bond acceptors (Lipinski definition) is 2. The molecule has 3 saturated carbocycles. The van der Waals surface area contributed by atoms with E-state index in [0.717, 1.165) is 51.4 Å². The van der Waals surface area contributed by atoms with Crippen LogP contribution in [0, 0.1) is 44.8 Å². The van der Waals surface area contributed by atoms with Crippen LogP contribution < -0.4 is 0 Å². The van der Waals surface area contributed by atoms with Crippen LogP contribution in [0.15, 0.2) is 23.8 Å². The maximum atomic E-state index is 12.3. The number of rotatable bonds is 5. The predicted octanol–water partition coefficient (Wildman–Crippen LogP) is 7.49. The van der Waals surface area contributed by atoms with Gasteiger partial charge in [-0.05, 0) is 111 Å². The summed E-state index contributed by atoms with van der Waals surface area (Å²) < 4.78 is 0. The minimum atomic E-state index is -0.715. The van der Waals surface area contributed by atoms with Crippen LogP contribution in [0.4, 0.5) is 0 Å². The Hall–Kier alpha value is -1.58. The molecule has 0 radical (unpaired) electrons. The number of hydrogen-bond donors (Lipinski definition) is 2. The molecule has 34 heavy (non-hydrogen) atoms. The highest BCUT2D eigenvalue weighted by Gasteiger charge is 2.66. The largest absolute Gasteiger partial charge is 0.481 e. The first-order valence-electron chi connectivity index (χ1n) is 13.4. The van der Waals surface area contributed by atoms with Crippen molar-refractivity contribution in [1.29, 1.82) is 0 Å². The van der Waals surface area contributed by atoms with E-state index < -0.39 is 17.4 Å². The molecule has 0 aliphatic heterocycles. The summed E-state index contributed by atoms with van der Waals surface area (Å²) in [4.78, 5) is 23.9. The number of carboxylic acid groups (broad SMARTS) is 2. The lowest BCUT2D eigenvalue weighted by Gasteiger charge is -2.70. The lowest BCUT2D eigenvalue weighted by Crippen LogP contribution is -2.62. The molecule has 0 aromatic heterocycles. The first-order valence-corrected chi connectivity index (χ1v) is 13.4. The Morgan fingerprint density at radius 3 is 2.26 bits per heavy atom. The third-order valence-electron chi connectivity index (χ3n) is 12.1. The van der Waals surface area contributed by atoms with E-state index in [-0.39, 0.29) is 28.1 Å². The molecule has 0 aromatic rings. The maximum Gasteiger partial charge on any atom is 0.309 e. The molecule has 0 bridgehead atoms. The molecular formula is C30H46O4. The molecule has 190 valence electrons. The van der Waals surface area contributed by atoms with Crippen LogP contribution >= 0.6 is 0 Å². The molecule has 0 saturated heterocycles. The van der Waals surface area contributed by atoms with Crippen molar-refractivity contribution >= 4 is 11.9 Å². The predicted molar refractivity (Wildman–Crippen MR) is 135 cm³/mol. The second-order valence-electron chi connectivity index (χ2n) is 13.8. The van der Waals surface area contributed by atoms with Gasteiger partial charge in [-0.3, -0.25) is 9.59 Å². The summed E-state index contributed by atoms with van der Waals surface area (Å²) >= 11 is 0. The SMILES string of the molecule is C=C(C)C1CC=C2C(CCC3(C)C4CC(C)(C(=O)O)CCC4(C)CCC23C)C1(C)CCC(=O)O. The molecular weight excluding hydrogens is 424 g/mol. The molecule has 0 amide bonds. The molecule has 4 nitrogen and oxygen atoms in total. The molecule has 4 aliphatic rings. The lowest BCUT2D eigenvalue weighted by molar-refractivity contribution is -0.180. The van der Waals surface area contributed by atoms with E-state index in [1.807, 2.05) is 6.92 Å².